The van der Waals surface area contributed by atoms with Crippen molar-refractivity contribution in [3.63, 3.8) is 0 Å². The van der Waals surface area contributed by atoms with Crippen molar-refractivity contribution in [1.29, 1.82) is 0 Å². The van der Waals surface area contributed by atoms with Gasteiger partial charge in [0.1, 0.15) is 0 Å². The van der Waals surface area contributed by atoms with Gasteiger partial charge in [0.05, 0.1) is 0 Å². The summed E-state index contributed by atoms with van der Waals surface area (Å²) in [6.07, 6.45) is 3.56. The summed E-state index contributed by atoms with van der Waals surface area (Å²) in [5.74, 6) is -2.30. The second-order valence-corrected chi connectivity index (χ2v) is 4.97. The van der Waals surface area contributed by atoms with Crippen LogP contribution in [0.15, 0.2) is 30.9 Å². The number of hydrogen-bond acceptors (Lipinski definition) is 2. The van der Waals surface area contributed by atoms with Crippen LogP contribution in [0.25, 0.3) is 0 Å². The van der Waals surface area contributed by atoms with E-state index >= 15 is 0 Å². The van der Waals surface area contributed by atoms with Crippen molar-refractivity contribution >= 4 is 5.91 Å². The van der Waals surface area contributed by atoms with Crippen LogP contribution >= 0.6 is 0 Å². The number of benzene rings is 1. The number of carbonyl (C=O) groups is 1. The van der Waals surface area contributed by atoms with Crippen molar-refractivity contribution in [2.45, 2.75) is 18.9 Å². The fourth-order valence-electron chi connectivity index (χ4n) is 2.35. The lowest BCUT2D eigenvalue weighted by atomic mass is 10.0. The molecule has 0 aromatic heterocycles. The molecule has 5 heteroatoms. The molecule has 0 bridgehead atoms. The van der Waals surface area contributed by atoms with Crippen LogP contribution in [0.2, 0.25) is 0 Å². The molecule has 1 aromatic rings. The zero-order chi connectivity index (χ0) is 14.5. The lowest BCUT2D eigenvalue weighted by Crippen LogP contribution is -2.44. The van der Waals surface area contributed by atoms with Crippen LogP contribution in [-0.2, 0) is 0 Å². The number of amides is 1. The van der Waals surface area contributed by atoms with Crippen LogP contribution in [0, 0.1) is 11.6 Å². The Balaban J connectivity index is 1.89. The Morgan fingerprint density at radius 2 is 2.05 bits per heavy atom. The van der Waals surface area contributed by atoms with Crippen LogP contribution in [0.5, 0.6) is 0 Å². The summed E-state index contributed by atoms with van der Waals surface area (Å²) in [5, 5.41) is 2.86. The second kappa shape index (κ2) is 6.61. The molecule has 0 saturated carbocycles. The molecule has 2 rings (SSSR count). The summed E-state index contributed by atoms with van der Waals surface area (Å²) in [5.41, 5.74) is 0.150. The summed E-state index contributed by atoms with van der Waals surface area (Å²) in [6.45, 7) is 6.35. The maximum Gasteiger partial charge on any atom is 0.251 e. The van der Waals surface area contributed by atoms with Gasteiger partial charge in [-0.25, -0.2) is 8.78 Å². The van der Waals surface area contributed by atoms with E-state index in [0.717, 1.165) is 44.6 Å². The molecular formula is C15H18F2N2O. The molecule has 1 heterocycles. The van der Waals surface area contributed by atoms with Crippen LogP contribution in [0.3, 0.4) is 0 Å². The van der Waals surface area contributed by atoms with Gasteiger partial charge < -0.3 is 5.32 Å². The van der Waals surface area contributed by atoms with E-state index in [0.29, 0.717) is 0 Å². The zero-order valence-electron chi connectivity index (χ0n) is 11.2. The molecule has 1 aliphatic heterocycles. The molecule has 0 spiro atoms. The highest BCUT2D eigenvalue weighted by Crippen LogP contribution is 2.12. The lowest BCUT2D eigenvalue weighted by Gasteiger charge is -2.31. The predicted molar refractivity (Wildman–Crippen MR) is 73.5 cm³/mol. The van der Waals surface area contributed by atoms with E-state index < -0.39 is 11.6 Å². The van der Waals surface area contributed by atoms with Crippen LogP contribution in [0.1, 0.15) is 23.2 Å². The topological polar surface area (TPSA) is 32.3 Å². The Bertz CT molecular complexity index is 497. The summed E-state index contributed by atoms with van der Waals surface area (Å²) < 4.78 is 25.9. The predicted octanol–water partition coefficient (Wildman–Crippen LogP) is 2.35. The van der Waals surface area contributed by atoms with Crippen molar-refractivity contribution in [2.75, 3.05) is 19.6 Å². The molecule has 108 valence electrons. The van der Waals surface area contributed by atoms with Crippen LogP contribution in [0.4, 0.5) is 8.78 Å². The fourth-order valence-corrected chi connectivity index (χ4v) is 2.35. The molecule has 1 fully saturated rings. The second-order valence-electron chi connectivity index (χ2n) is 4.97. The van der Waals surface area contributed by atoms with Crippen molar-refractivity contribution in [3.05, 3.63) is 48.1 Å². The molecule has 0 radical (unpaired) electrons. The quantitative estimate of drug-likeness (QED) is 0.859. The number of piperidine rings is 1. The zero-order valence-corrected chi connectivity index (χ0v) is 11.2. The van der Waals surface area contributed by atoms with Crippen LogP contribution < -0.4 is 5.32 Å². The minimum atomic E-state index is -1.00. The van der Waals surface area contributed by atoms with Gasteiger partial charge >= 0.3 is 0 Å². The average molecular weight is 280 g/mol. The number of likely N-dealkylation sites (tertiary alicyclic amines) is 1. The molecule has 0 atom stereocenters. The number of hydrogen-bond donors (Lipinski definition) is 1. The Hall–Kier alpha value is -1.75. The number of halogens is 2. The normalized spacial score (nSPS) is 16.9. The fraction of sp³-hybridized carbons (Fsp3) is 0.400. The van der Waals surface area contributed by atoms with Gasteiger partial charge in [-0.3, -0.25) is 9.69 Å². The molecule has 1 N–H and O–H groups in total. The molecular weight excluding hydrogens is 262 g/mol. The maximum absolute atomic E-state index is 13.1. The molecule has 0 aliphatic carbocycles. The first-order chi connectivity index (χ1) is 9.60. The number of nitrogens with zero attached hydrogens (tertiary/aromatic N) is 1. The number of carbonyl (C=O) groups excluding carboxylic acids is 1. The number of rotatable bonds is 4. The van der Waals surface area contributed by atoms with E-state index in [1.54, 1.807) is 0 Å². The van der Waals surface area contributed by atoms with E-state index in [1.807, 2.05) is 6.08 Å². The van der Waals surface area contributed by atoms with Crippen molar-refractivity contribution < 1.29 is 13.6 Å². The number of nitrogens with one attached hydrogen (secondary N) is 1. The van der Waals surface area contributed by atoms with E-state index in [2.05, 4.69) is 16.8 Å². The molecule has 0 unspecified atom stereocenters. The maximum atomic E-state index is 13.1. The van der Waals surface area contributed by atoms with E-state index in [9.17, 15) is 13.6 Å². The highest BCUT2D eigenvalue weighted by atomic mass is 19.2. The summed E-state index contributed by atoms with van der Waals surface area (Å²) in [4.78, 5) is 14.2. The monoisotopic (exact) mass is 280 g/mol. The minimum absolute atomic E-state index is 0.0803. The first-order valence-electron chi connectivity index (χ1n) is 6.69. The van der Waals surface area contributed by atoms with Crippen molar-refractivity contribution in [2.24, 2.45) is 0 Å². The smallest absolute Gasteiger partial charge is 0.251 e. The highest BCUT2D eigenvalue weighted by molar-refractivity contribution is 5.94. The molecule has 1 amide bonds. The van der Waals surface area contributed by atoms with Gasteiger partial charge in [-0.2, -0.15) is 0 Å². The van der Waals surface area contributed by atoms with E-state index in [4.69, 9.17) is 0 Å². The largest absolute Gasteiger partial charge is 0.349 e. The van der Waals surface area contributed by atoms with Gasteiger partial charge in [-0.15, -0.1) is 6.58 Å². The third-order valence-corrected chi connectivity index (χ3v) is 3.49. The lowest BCUT2D eigenvalue weighted by molar-refractivity contribution is 0.0913. The third-order valence-electron chi connectivity index (χ3n) is 3.49. The summed E-state index contributed by atoms with van der Waals surface area (Å²) in [6, 6.07) is 3.27. The summed E-state index contributed by atoms with van der Waals surface area (Å²) in [7, 11) is 0. The Morgan fingerprint density at radius 3 is 2.65 bits per heavy atom. The highest BCUT2D eigenvalue weighted by Gasteiger charge is 2.20. The van der Waals surface area contributed by atoms with E-state index in [-0.39, 0.29) is 17.5 Å². The van der Waals surface area contributed by atoms with Gasteiger partial charge in [0.2, 0.25) is 0 Å². The van der Waals surface area contributed by atoms with E-state index in [1.165, 1.54) is 6.07 Å². The SMILES string of the molecule is C=CCN1CCC(NC(=O)c2ccc(F)c(F)c2)CC1. The first kappa shape index (κ1) is 14.7. The van der Waals surface area contributed by atoms with Gasteiger partial charge in [0.25, 0.3) is 5.91 Å². The van der Waals surface area contributed by atoms with Gasteiger partial charge in [0, 0.05) is 31.2 Å². The Kier molecular flexibility index (Phi) is 4.84. The molecule has 3 nitrogen and oxygen atoms in total. The average Bonchev–Trinajstić information content (AvgIpc) is 2.44. The van der Waals surface area contributed by atoms with Gasteiger partial charge in [-0.1, -0.05) is 6.08 Å². The molecule has 1 aliphatic rings. The van der Waals surface area contributed by atoms with Crippen molar-refractivity contribution in [3.8, 4) is 0 Å². The third kappa shape index (κ3) is 3.63. The van der Waals surface area contributed by atoms with Gasteiger partial charge in [-0.05, 0) is 31.0 Å². The molecule has 1 aromatic carbocycles. The van der Waals surface area contributed by atoms with Crippen LogP contribution in [-0.4, -0.2) is 36.5 Å². The van der Waals surface area contributed by atoms with Gasteiger partial charge in [0.15, 0.2) is 11.6 Å². The minimum Gasteiger partial charge on any atom is -0.349 e. The summed E-state index contributed by atoms with van der Waals surface area (Å²) >= 11 is 0. The Morgan fingerprint density at radius 1 is 1.35 bits per heavy atom. The molecule has 20 heavy (non-hydrogen) atoms. The van der Waals surface area contributed by atoms with Crippen molar-refractivity contribution in [1.82, 2.24) is 10.2 Å². The molecule has 1 saturated heterocycles. The Labute approximate surface area is 117 Å². The standard InChI is InChI=1S/C15H18F2N2O/c1-2-7-19-8-5-12(6-9-19)18-15(20)11-3-4-13(16)14(17)10-11/h2-4,10,12H,1,5-9H2,(H,18,20). The first-order valence-corrected chi connectivity index (χ1v) is 6.69.